The van der Waals surface area contributed by atoms with Gasteiger partial charge in [0.15, 0.2) is 11.5 Å². The number of rotatable bonds is 7. The molecule has 0 aliphatic heterocycles. The van der Waals surface area contributed by atoms with Crippen molar-refractivity contribution in [1.82, 2.24) is 9.55 Å². The molecule has 5 rings (SSSR count). The van der Waals surface area contributed by atoms with Crippen LogP contribution in [0, 0.1) is 12.8 Å². The summed E-state index contributed by atoms with van der Waals surface area (Å²) in [5, 5.41) is 0. The molecule has 4 aromatic rings. The van der Waals surface area contributed by atoms with E-state index in [1.165, 1.54) is 18.4 Å². The highest BCUT2D eigenvalue weighted by Gasteiger charge is 2.23. The molecule has 0 radical (unpaired) electrons. The summed E-state index contributed by atoms with van der Waals surface area (Å²) in [4.78, 5) is 4.89. The van der Waals surface area contributed by atoms with Crippen molar-refractivity contribution in [3.8, 4) is 17.2 Å². The lowest BCUT2D eigenvalue weighted by Gasteiger charge is -2.13. The average molecular weight is 411 g/mol. The maximum absolute atomic E-state index is 6.16. The van der Waals surface area contributed by atoms with Crippen LogP contribution in [0.25, 0.3) is 28.9 Å². The van der Waals surface area contributed by atoms with Crippen molar-refractivity contribution in [2.24, 2.45) is 5.92 Å². The molecular weight excluding hydrogens is 384 g/mol. The summed E-state index contributed by atoms with van der Waals surface area (Å²) in [5.74, 6) is 3.11. The highest BCUT2D eigenvalue weighted by molar-refractivity contribution is 5.83. The molecule has 0 unspecified atom stereocenters. The Bertz CT molecular complexity index is 1230. The molecule has 0 saturated heterocycles. The average Bonchev–Trinajstić information content (AvgIpc) is 3.56. The zero-order valence-electron chi connectivity index (χ0n) is 17.9. The minimum atomic E-state index is 0.674. The van der Waals surface area contributed by atoms with E-state index in [1.807, 2.05) is 30.3 Å². The van der Waals surface area contributed by atoms with Crippen LogP contribution >= 0.6 is 0 Å². The van der Waals surface area contributed by atoms with Gasteiger partial charge >= 0.3 is 0 Å². The van der Waals surface area contributed by atoms with Gasteiger partial charge in [-0.1, -0.05) is 42.0 Å². The van der Waals surface area contributed by atoms with Crippen LogP contribution in [0.3, 0.4) is 0 Å². The molecule has 156 valence electrons. The maximum atomic E-state index is 6.16. The predicted octanol–water partition coefficient (Wildman–Crippen LogP) is 6.30. The van der Waals surface area contributed by atoms with Gasteiger partial charge in [0.25, 0.3) is 0 Å². The Morgan fingerprint density at radius 3 is 2.55 bits per heavy atom. The van der Waals surface area contributed by atoms with Gasteiger partial charge in [0.1, 0.15) is 5.82 Å². The minimum absolute atomic E-state index is 0.674. The standard InChI is InChI=1S/C27H26N2O2/c1-19-10-15-22(16-11-19)29-24-8-4-3-7-23(24)28-26(29)17-14-21-6-5-9-25(30-2)27(21)31-18-20-12-13-20/h3-11,14-17,20H,12-13,18H2,1-2H3/b17-14+. The van der Waals surface area contributed by atoms with E-state index in [0.717, 1.165) is 46.2 Å². The Morgan fingerprint density at radius 1 is 0.968 bits per heavy atom. The van der Waals surface area contributed by atoms with E-state index in [0.29, 0.717) is 5.92 Å². The van der Waals surface area contributed by atoms with Crippen molar-refractivity contribution >= 4 is 23.2 Å². The Hall–Kier alpha value is -3.53. The number of benzene rings is 3. The number of nitrogens with zero attached hydrogens (tertiary/aromatic N) is 2. The number of aromatic nitrogens is 2. The van der Waals surface area contributed by atoms with Crippen LogP contribution in [0.4, 0.5) is 0 Å². The molecule has 1 fully saturated rings. The fourth-order valence-corrected chi connectivity index (χ4v) is 3.75. The Labute approximate surface area is 182 Å². The number of aryl methyl sites for hydroxylation is 1. The van der Waals surface area contributed by atoms with Crippen molar-refractivity contribution in [2.45, 2.75) is 19.8 Å². The molecule has 4 nitrogen and oxygen atoms in total. The lowest BCUT2D eigenvalue weighted by atomic mass is 10.1. The van der Waals surface area contributed by atoms with Gasteiger partial charge in [0.05, 0.1) is 24.8 Å². The topological polar surface area (TPSA) is 36.3 Å². The number of hydrogen-bond donors (Lipinski definition) is 0. The smallest absolute Gasteiger partial charge is 0.168 e. The maximum Gasteiger partial charge on any atom is 0.168 e. The highest BCUT2D eigenvalue weighted by Crippen LogP contribution is 2.36. The fraction of sp³-hybridized carbons (Fsp3) is 0.222. The Balaban J connectivity index is 1.56. The van der Waals surface area contributed by atoms with Crippen molar-refractivity contribution in [2.75, 3.05) is 13.7 Å². The number of imidazole rings is 1. The summed E-state index contributed by atoms with van der Waals surface area (Å²) in [7, 11) is 1.68. The molecule has 1 heterocycles. The van der Waals surface area contributed by atoms with Crippen LogP contribution in [0.2, 0.25) is 0 Å². The summed E-state index contributed by atoms with van der Waals surface area (Å²) < 4.78 is 13.9. The van der Waals surface area contributed by atoms with Crippen molar-refractivity contribution < 1.29 is 9.47 Å². The second kappa shape index (κ2) is 8.31. The first-order valence-corrected chi connectivity index (χ1v) is 10.8. The van der Waals surface area contributed by atoms with Gasteiger partial charge in [-0.2, -0.15) is 0 Å². The van der Waals surface area contributed by atoms with E-state index < -0.39 is 0 Å². The molecule has 3 aromatic carbocycles. The predicted molar refractivity (Wildman–Crippen MR) is 126 cm³/mol. The summed E-state index contributed by atoms with van der Waals surface area (Å²) in [6.07, 6.45) is 6.62. The van der Waals surface area contributed by atoms with Gasteiger partial charge in [0.2, 0.25) is 0 Å². The molecule has 0 N–H and O–H groups in total. The van der Waals surface area contributed by atoms with E-state index >= 15 is 0 Å². The first kappa shape index (κ1) is 19.4. The summed E-state index contributed by atoms with van der Waals surface area (Å²) in [6, 6.07) is 22.7. The zero-order chi connectivity index (χ0) is 21.2. The molecule has 0 bridgehead atoms. The van der Waals surface area contributed by atoms with Gasteiger partial charge < -0.3 is 9.47 Å². The van der Waals surface area contributed by atoms with Crippen LogP contribution in [-0.2, 0) is 0 Å². The molecule has 1 aliphatic carbocycles. The second-order valence-electron chi connectivity index (χ2n) is 8.10. The first-order chi connectivity index (χ1) is 15.2. The molecule has 4 heteroatoms. The van der Waals surface area contributed by atoms with E-state index in [1.54, 1.807) is 7.11 Å². The lowest BCUT2D eigenvalue weighted by Crippen LogP contribution is -2.02. The van der Waals surface area contributed by atoms with Crippen LogP contribution in [0.5, 0.6) is 11.5 Å². The van der Waals surface area contributed by atoms with E-state index in [4.69, 9.17) is 14.5 Å². The molecular formula is C27H26N2O2. The van der Waals surface area contributed by atoms with Gasteiger partial charge in [-0.25, -0.2) is 4.98 Å². The number of fused-ring (bicyclic) bond motifs is 1. The quantitative estimate of drug-likeness (QED) is 0.359. The molecule has 31 heavy (non-hydrogen) atoms. The molecule has 1 saturated carbocycles. The number of hydrogen-bond acceptors (Lipinski definition) is 3. The number of methoxy groups -OCH3 is 1. The summed E-state index contributed by atoms with van der Waals surface area (Å²) >= 11 is 0. The van der Waals surface area contributed by atoms with Gasteiger partial charge in [-0.3, -0.25) is 4.57 Å². The van der Waals surface area contributed by atoms with E-state index in [9.17, 15) is 0 Å². The monoisotopic (exact) mass is 410 g/mol. The van der Waals surface area contributed by atoms with Crippen molar-refractivity contribution in [3.63, 3.8) is 0 Å². The third kappa shape index (κ3) is 4.06. The Kier molecular flexibility index (Phi) is 5.21. The second-order valence-corrected chi connectivity index (χ2v) is 8.10. The minimum Gasteiger partial charge on any atom is -0.493 e. The Morgan fingerprint density at radius 2 is 1.77 bits per heavy atom. The van der Waals surface area contributed by atoms with Crippen LogP contribution < -0.4 is 9.47 Å². The molecule has 0 spiro atoms. The first-order valence-electron chi connectivity index (χ1n) is 10.8. The van der Waals surface area contributed by atoms with Crippen LogP contribution in [0.1, 0.15) is 29.8 Å². The SMILES string of the molecule is COc1cccc(/C=C/c2nc3ccccc3n2-c2ccc(C)cc2)c1OCC1CC1. The van der Waals surface area contributed by atoms with Crippen molar-refractivity contribution in [1.29, 1.82) is 0 Å². The molecule has 1 aliphatic rings. The fourth-order valence-electron chi connectivity index (χ4n) is 3.75. The van der Waals surface area contributed by atoms with Gasteiger partial charge in [-0.05, 0) is 68.2 Å². The van der Waals surface area contributed by atoms with Crippen LogP contribution in [-0.4, -0.2) is 23.3 Å². The summed E-state index contributed by atoms with van der Waals surface area (Å²) in [6.45, 7) is 2.84. The number of ether oxygens (including phenoxy) is 2. The largest absolute Gasteiger partial charge is 0.493 e. The highest BCUT2D eigenvalue weighted by atomic mass is 16.5. The lowest BCUT2D eigenvalue weighted by molar-refractivity contribution is 0.280. The zero-order valence-corrected chi connectivity index (χ0v) is 17.9. The summed E-state index contributed by atoms with van der Waals surface area (Å²) in [5.41, 5.74) is 5.37. The normalized spacial score (nSPS) is 13.7. The third-order valence-corrected chi connectivity index (χ3v) is 5.68. The van der Waals surface area contributed by atoms with E-state index in [-0.39, 0.29) is 0 Å². The van der Waals surface area contributed by atoms with Crippen molar-refractivity contribution in [3.05, 3.63) is 83.7 Å². The third-order valence-electron chi connectivity index (χ3n) is 5.68. The molecule has 0 amide bonds. The van der Waals surface area contributed by atoms with Gasteiger partial charge in [-0.15, -0.1) is 0 Å². The number of para-hydroxylation sites is 3. The molecule has 1 aromatic heterocycles. The van der Waals surface area contributed by atoms with Gasteiger partial charge in [0, 0.05) is 11.3 Å². The van der Waals surface area contributed by atoms with Crippen LogP contribution in [0.15, 0.2) is 66.7 Å². The van der Waals surface area contributed by atoms with E-state index in [2.05, 4.69) is 60.0 Å². The molecule has 0 atom stereocenters.